The fourth-order valence-electron chi connectivity index (χ4n) is 11.0. The molecule has 0 radical (unpaired) electrons. The number of fused-ring (bicyclic) bond motifs is 16. The zero-order chi connectivity index (χ0) is 39.8. The quantitative estimate of drug-likeness (QED) is 0.126. The minimum absolute atomic E-state index is 0.335. The van der Waals surface area contributed by atoms with E-state index in [0.717, 1.165) is 0 Å². The second-order valence-corrected chi connectivity index (χ2v) is 21.2. The molecule has 284 valence electrons. The average molecular weight is 922 g/mol. The summed E-state index contributed by atoms with van der Waals surface area (Å²) < 4.78 is 5.98. The zero-order valence-corrected chi connectivity index (χ0v) is 37.0. The van der Waals surface area contributed by atoms with Crippen LogP contribution in [0.3, 0.4) is 0 Å². The van der Waals surface area contributed by atoms with E-state index in [9.17, 15) is 0 Å². The van der Waals surface area contributed by atoms with E-state index < -0.39 is 0 Å². The van der Waals surface area contributed by atoms with E-state index in [1.165, 1.54) is 114 Å². The second kappa shape index (κ2) is 12.9. The van der Waals surface area contributed by atoms with Crippen LogP contribution in [0.2, 0.25) is 0 Å². The molecule has 61 heavy (non-hydrogen) atoms. The fourth-order valence-corrected chi connectivity index (χ4v) is 17.1. The first kappa shape index (κ1) is 34.5. The van der Waals surface area contributed by atoms with Crippen molar-refractivity contribution in [2.24, 2.45) is 0 Å². The van der Waals surface area contributed by atoms with Gasteiger partial charge in [-0.15, -0.1) is 0 Å². The fraction of sp³-hybridized carbons (Fsp3) is 0.0175. The molecule has 4 heterocycles. The Hall–Kier alpha value is -6.22. The van der Waals surface area contributed by atoms with Crippen molar-refractivity contribution >= 4 is 110 Å². The molecule has 0 saturated carbocycles. The van der Waals surface area contributed by atoms with Gasteiger partial charge in [0.05, 0.1) is 0 Å². The third-order valence-electron chi connectivity index (χ3n) is 13.4. The molecule has 9 aromatic carbocycles. The first-order valence-corrected chi connectivity index (χ1v) is 25.3. The van der Waals surface area contributed by atoms with E-state index in [0.29, 0.717) is 29.0 Å². The molecule has 12 aromatic rings. The Bertz CT molecular complexity index is 3710. The summed E-state index contributed by atoms with van der Waals surface area (Å²) in [6, 6.07) is 71.3. The van der Waals surface area contributed by atoms with Gasteiger partial charge >= 0.3 is 295 Å². The number of hydrogen-bond acceptors (Lipinski definition) is 2. The van der Waals surface area contributed by atoms with Crippen molar-refractivity contribution in [2.45, 2.75) is 5.41 Å². The van der Waals surface area contributed by atoms with Crippen LogP contribution in [0.15, 0.2) is 198 Å². The Morgan fingerprint density at radius 2 is 1.03 bits per heavy atom. The molecule has 1 aliphatic carbocycles. The van der Waals surface area contributed by atoms with Crippen molar-refractivity contribution in [2.75, 3.05) is 4.90 Å². The molecule has 0 atom stereocenters. The third-order valence-corrected chi connectivity index (χ3v) is 19.2. The van der Waals surface area contributed by atoms with Gasteiger partial charge in [0.15, 0.2) is 0 Å². The first-order valence-electron chi connectivity index (χ1n) is 20.8. The van der Waals surface area contributed by atoms with E-state index in [1.54, 1.807) is 8.87 Å². The van der Waals surface area contributed by atoms with Crippen LogP contribution >= 0.6 is 11.3 Å². The minimum atomic E-state index is -0.383. The number of anilines is 3. The maximum atomic E-state index is 2.66. The van der Waals surface area contributed by atoms with Gasteiger partial charge in [-0.05, 0) is 28.0 Å². The van der Waals surface area contributed by atoms with Gasteiger partial charge in [-0.3, -0.25) is 0 Å². The Balaban J connectivity index is 1.09. The summed E-state index contributed by atoms with van der Waals surface area (Å²) in [5.74, 6) is 0. The van der Waals surface area contributed by atoms with Crippen LogP contribution in [0.5, 0.6) is 0 Å². The summed E-state index contributed by atoms with van der Waals surface area (Å²) in [6.45, 7) is 0. The number of hydrogen-bond donors (Lipinski definition) is 0. The molecule has 1 spiro atoms. The van der Waals surface area contributed by atoms with Crippen LogP contribution < -0.4 is 4.90 Å². The number of benzene rings is 9. The molecule has 0 amide bonds. The third kappa shape index (κ3) is 4.61. The van der Waals surface area contributed by atoms with Crippen molar-refractivity contribution in [1.29, 1.82) is 0 Å². The molecule has 0 fully saturated rings. The van der Waals surface area contributed by atoms with Crippen molar-refractivity contribution < 1.29 is 0 Å². The summed E-state index contributed by atoms with van der Waals surface area (Å²) in [5.41, 5.74) is 14.2. The SMILES string of the molecule is c1cc(-c2ccc3ccccc3c2)cc(-c2c3ccccc3c(N3c4ccccc4C4(c5cc[se]c5-c5[se]ccc54)c4c3ccc3c4sc4ccccc43)c3ccccc23)c1. The standard InChI is InChI=1S/C57H33NSSe2/c1-2-13-35-32-37(25-24-34(35)12-1)36-14-11-15-38(33-36)51-40-17-3-5-19-42(40)53(43-20-6-4-18-41(43)51)58-48-22-9-8-21-45(48)57(46-28-30-60-55(46)56-47(57)29-31-61-56)52-49(58)27-26-44-39-16-7-10-23-50(39)59-54(44)52/h1-33H. The van der Waals surface area contributed by atoms with Gasteiger partial charge in [0.2, 0.25) is 0 Å². The Morgan fingerprint density at radius 1 is 0.410 bits per heavy atom. The summed E-state index contributed by atoms with van der Waals surface area (Å²) in [6.07, 6.45) is 0. The van der Waals surface area contributed by atoms with E-state index in [1.807, 2.05) is 11.3 Å². The van der Waals surface area contributed by atoms with Crippen molar-refractivity contribution in [3.05, 3.63) is 220 Å². The van der Waals surface area contributed by atoms with E-state index in [2.05, 4.69) is 203 Å². The second-order valence-electron chi connectivity index (χ2n) is 16.3. The van der Waals surface area contributed by atoms with E-state index in [-0.39, 0.29) is 5.41 Å². The number of nitrogens with zero attached hydrogens (tertiary/aromatic N) is 1. The number of para-hydroxylation sites is 1. The molecule has 0 saturated heterocycles. The molecule has 14 rings (SSSR count). The van der Waals surface area contributed by atoms with Gasteiger partial charge in [0.25, 0.3) is 0 Å². The van der Waals surface area contributed by atoms with Crippen molar-refractivity contribution in [3.63, 3.8) is 0 Å². The predicted octanol–water partition coefficient (Wildman–Crippen LogP) is 15.1. The van der Waals surface area contributed by atoms with Crippen LogP contribution in [0.4, 0.5) is 17.1 Å². The van der Waals surface area contributed by atoms with Gasteiger partial charge < -0.3 is 0 Å². The molecule has 1 aliphatic heterocycles. The predicted molar refractivity (Wildman–Crippen MR) is 262 cm³/mol. The van der Waals surface area contributed by atoms with Gasteiger partial charge in [-0.25, -0.2) is 0 Å². The molecule has 3 aromatic heterocycles. The molecule has 1 nitrogen and oxygen atoms in total. The summed E-state index contributed by atoms with van der Waals surface area (Å²) in [7, 11) is 0. The maximum absolute atomic E-state index is 2.66. The Kier molecular flexibility index (Phi) is 7.29. The molecule has 0 bridgehead atoms. The molecule has 4 heteroatoms. The van der Waals surface area contributed by atoms with Gasteiger partial charge in [-0.2, -0.15) is 0 Å². The molecular formula is C57H33NSSe2. The van der Waals surface area contributed by atoms with Crippen molar-refractivity contribution in [3.8, 4) is 31.1 Å². The van der Waals surface area contributed by atoms with Crippen LogP contribution in [-0.4, -0.2) is 29.0 Å². The monoisotopic (exact) mass is 923 g/mol. The molecular weight excluding hydrogens is 889 g/mol. The van der Waals surface area contributed by atoms with Gasteiger partial charge in [0.1, 0.15) is 0 Å². The topological polar surface area (TPSA) is 3.24 Å². The van der Waals surface area contributed by atoms with Crippen LogP contribution in [0.1, 0.15) is 22.3 Å². The summed E-state index contributed by atoms with van der Waals surface area (Å²) in [5, 5.41) is 10.2. The normalized spacial score (nSPS) is 13.7. The van der Waals surface area contributed by atoms with Gasteiger partial charge in [0, 0.05) is 0 Å². The van der Waals surface area contributed by atoms with E-state index >= 15 is 0 Å². The van der Waals surface area contributed by atoms with Crippen LogP contribution in [0.25, 0.3) is 83.6 Å². The summed E-state index contributed by atoms with van der Waals surface area (Å²) >= 11 is 2.64. The summed E-state index contributed by atoms with van der Waals surface area (Å²) in [4.78, 5) is 7.62. The average Bonchev–Trinajstić information content (AvgIpc) is 4.13. The van der Waals surface area contributed by atoms with E-state index in [4.69, 9.17) is 0 Å². The molecule has 0 unspecified atom stereocenters. The van der Waals surface area contributed by atoms with Crippen LogP contribution in [-0.2, 0) is 5.41 Å². The van der Waals surface area contributed by atoms with Crippen molar-refractivity contribution in [1.82, 2.24) is 0 Å². The Labute approximate surface area is 368 Å². The van der Waals surface area contributed by atoms with Gasteiger partial charge in [-0.1, -0.05) is 48.5 Å². The zero-order valence-electron chi connectivity index (χ0n) is 32.7. The van der Waals surface area contributed by atoms with Crippen LogP contribution in [0, 0.1) is 0 Å². The number of thiophene rings is 1. The number of rotatable bonds is 3. The molecule has 0 N–H and O–H groups in total. The first-order chi connectivity index (χ1) is 30.3. The Morgan fingerprint density at radius 3 is 1.80 bits per heavy atom. The molecule has 2 aliphatic rings.